The van der Waals surface area contributed by atoms with Gasteiger partial charge in [-0.2, -0.15) is 0 Å². The smallest absolute Gasteiger partial charge is 0.348 e. The van der Waals surface area contributed by atoms with Crippen LogP contribution in [0, 0.1) is 0 Å². The van der Waals surface area contributed by atoms with E-state index >= 15 is 0 Å². The standard InChI is InChI=1S/C14H9Br3N2O4S/c15-8-3-1-7(2-4-8)13(21)19-18-11(20)6-23-14(22)10-5-9(16)12(17)24-10/h1-5H,6H2,(H,18,20)(H,19,21). The minimum absolute atomic E-state index is 0.348. The van der Waals surface area contributed by atoms with Crippen LogP contribution in [0.5, 0.6) is 0 Å². The predicted octanol–water partition coefficient (Wildman–Crippen LogP) is 3.65. The molecule has 2 rings (SSSR count). The molecule has 10 heteroatoms. The molecule has 1 aromatic carbocycles. The van der Waals surface area contributed by atoms with Crippen molar-refractivity contribution in [3.8, 4) is 0 Å². The number of amides is 2. The Hall–Kier alpha value is -1.23. The van der Waals surface area contributed by atoms with Gasteiger partial charge in [-0.3, -0.25) is 20.4 Å². The zero-order valence-corrected chi connectivity index (χ0v) is 17.3. The molecule has 0 atom stereocenters. The van der Waals surface area contributed by atoms with Crippen LogP contribution in [0.1, 0.15) is 20.0 Å². The number of thiophene rings is 1. The van der Waals surface area contributed by atoms with Crippen LogP contribution in [0.15, 0.2) is 43.1 Å². The average Bonchev–Trinajstić information content (AvgIpc) is 2.90. The van der Waals surface area contributed by atoms with E-state index in [2.05, 4.69) is 58.6 Å². The van der Waals surface area contributed by atoms with Gasteiger partial charge in [-0.15, -0.1) is 11.3 Å². The summed E-state index contributed by atoms with van der Waals surface area (Å²) in [6, 6.07) is 8.19. The summed E-state index contributed by atoms with van der Waals surface area (Å²) in [5.74, 6) is -1.75. The average molecular weight is 541 g/mol. The van der Waals surface area contributed by atoms with E-state index in [4.69, 9.17) is 4.74 Å². The highest BCUT2D eigenvalue weighted by Crippen LogP contribution is 2.32. The maximum absolute atomic E-state index is 11.8. The minimum Gasteiger partial charge on any atom is -0.451 e. The number of hydrogen-bond acceptors (Lipinski definition) is 5. The van der Waals surface area contributed by atoms with Gasteiger partial charge < -0.3 is 4.74 Å². The fourth-order valence-electron chi connectivity index (χ4n) is 1.49. The van der Waals surface area contributed by atoms with Gasteiger partial charge in [0.25, 0.3) is 11.8 Å². The molecule has 0 radical (unpaired) electrons. The van der Waals surface area contributed by atoms with Crippen LogP contribution < -0.4 is 10.9 Å². The van der Waals surface area contributed by atoms with E-state index in [-0.39, 0.29) is 0 Å². The third kappa shape index (κ3) is 5.40. The van der Waals surface area contributed by atoms with Crippen molar-refractivity contribution >= 4 is 76.9 Å². The third-order valence-electron chi connectivity index (χ3n) is 2.60. The lowest BCUT2D eigenvalue weighted by atomic mass is 10.2. The van der Waals surface area contributed by atoms with Crippen LogP contribution in [0.3, 0.4) is 0 Å². The number of hydrogen-bond donors (Lipinski definition) is 2. The molecule has 2 aromatic rings. The number of carbonyl (C=O) groups excluding carboxylic acids is 3. The first-order valence-corrected chi connectivity index (χ1v) is 9.53. The molecule has 6 nitrogen and oxygen atoms in total. The molecular weight excluding hydrogens is 532 g/mol. The van der Waals surface area contributed by atoms with E-state index in [1.54, 1.807) is 30.3 Å². The molecule has 126 valence electrons. The minimum atomic E-state index is -0.650. The molecule has 1 heterocycles. The lowest BCUT2D eigenvalue weighted by Gasteiger charge is -2.07. The van der Waals surface area contributed by atoms with Gasteiger partial charge >= 0.3 is 5.97 Å². The first kappa shape index (κ1) is 19.1. The van der Waals surface area contributed by atoms with Crippen molar-refractivity contribution in [2.45, 2.75) is 0 Å². The van der Waals surface area contributed by atoms with Crippen LogP contribution in [0.25, 0.3) is 0 Å². The molecule has 0 aliphatic carbocycles. The quantitative estimate of drug-likeness (QED) is 0.458. The summed E-state index contributed by atoms with van der Waals surface area (Å²) >= 11 is 11.0. The van der Waals surface area contributed by atoms with Crippen molar-refractivity contribution in [2.24, 2.45) is 0 Å². The van der Waals surface area contributed by atoms with Crippen molar-refractivity contribution in [3.05, 3.63) is 53.5 Å². The topological polar surface area (TPSA) is 84.5 Å². The Morgan fingerprint density at radius 1 is 1.04 bits per heavy atom. The summed E-state index contributed by atoms with van der Waals surface area (Å²) in [5.41, 5.74) is 4.79. The maximum Gasteiger partial charge on any atom is 0.348 e. The Labute approximate surface area is 166 Å². The molecule has 2 amide bonds. The number of halogens is 3. The van der Waals surface area contributed by atoms with Crippen LogP contribution in [0.4, 0.5) is 0 Å². The van der Waals surface area contributed by atoms with Gasteiger partial charge in [0.05, 0.1) is 3.79 Å². The van der Waals surface area contributed by atoms with Gasteiger partial charge in [0, 0.05) is 14.5 Å². The maximum atomic E-state index is 11.8. The number of carbonyl (C=O) groups is 3. The summed E-state index contributed by atoms with van der Waals surface area (Å²) in [5, 5.41) is 0. The molecule has 0 bridgehead atoms. The number of ether oxygens (including phenoxy) is 1. The molecule has 0 spiro atoms. The first-order valence-electron chi connectivity index (χ1n) is 6.33. The van der Waals surface area contributed by atoms with Crippen molar-refractivity contribution in [2.75, 3.05) is 6.61 Å². The molecule has 2 N–H and O–H groups in total. The zero-order chi connectivity index (χ0) is 17.7. The normalized spacial score (nSPS) is 10.1. The third-order valence-corrected chi connectivity index (χ3v) is 6.37. The monoisotopic (exact) mass is 538 g/mol. The molecule has 0 aliphatic heterocycles. The second kappa shape index (κ2) is 8.75. The number of nitrogens with one attached hydrogen (secondary N) is 2. The predicted molar refractivity (Wildman–Crippen MR) is 99.8 cm³/mol. The Kier molecular flexibility index (Phi) is 6.96. The largest absolute Gasteiger partial charge is 0.451 e. The van der Waals surface area contributed by atoms with Crippen molar-refractivity contribution in [1.82, 2.24) is 10.9 Å². The van der Waals surface area contributed by atoms with E-state index in [9.17, 15) is 14.4 Å². The Morgan fingerprint density at radius 3 is 2.29 bits per heavy atom. The lowest BCUT2D eigenvalue weighted by molar-refractivity contribution is -0.125. The van der Waals surface area contributed by atoms with Gasteiger partial charge in [0.15, 0.2) is 6.61 Å². The molecular formula is C14H9Br3N2O4S. The summed E-state index contributed by atoms with van der Waals surface area (Å²) in [4.78, 5) is 35.5. The Morgan fingerprint density at radius 2 is 1.71 bits per heavy atom. The Balaban J connectivity index is 1.78. The second-order valence-electron chi connectivity index (χ2n) is 4.32. The SMILES string of the molecule is O=C(COC(=O)c1cc(Br)c(Br)s1)NNC(=O)c1ccc(Br)cc1. The van der Waals surface area contributed by atoms with E-state index in [0.717, 1.165) is 12.7 Å². The Bertz CT molecular complexity index is 757. The van der Waals surface area contributed by atoms with Crippen LogP contribution >= 0.6 is 59.1 Å². The van der Waals surface area contributed by atoms with Gasteiger partial charge in [-0.1, -0.05) is 15.9 Å². The molecule has 1 aromatic heterocycles. The van der Waals surface area contributed by atoms with E-state index in [0.29, 0.717) is 10.4 Å². The summed E-state index contributed by atoms with van der Waals surface area (Å²) in [6.07, 6.45) is 0. The molecule has 0 fully saturated rings. The summed E-state index contributed by atoms with van der Waals surface area (Å²) in [6.45, 7) is -0.507. The number of benzene rings is 1. The molecule has 0 aliphatic rings. The van der Waals surface area contributed by atoms with Crippen LogP contribution in [-0.2, 0) is 9.53 Å². The number of hydrazine groups is 1. The molecule has 24 heavy (non-hydrogen) atoms. The van der Waals surface area contributed by atoms with Gasteiger partial charge in [-0.25, -0.2) is 4.79 Å². The van der Waals surface area contributed by atoms with Crippen molar-refractivity contribution in [3.63, 3.8) is 0 Å². The summed E-state index contributed by atoms with van der Waals surface area (Å²) < 4.78 is 7.19. The van der Waals surface area contributed by atoms with E-state index in [1.807, 2.05) is 0 Å². The fourth-order valence-corrected chi connectivity index (χ4v) is 3.68. The van der Waals surface area contributed by atoms with Gasteiger partial charge in [0.2, 0.25) is 0 Å². The second-order valence-corrected chi connectivity index (χ2v) is 8.46. The van der Waals surface area contributed by atoms with Crippen LogP contribution in [-0.4, -0.2) is 24.4 Å². The molecule has 0 saturated heterocycles. The highest BCUT2D eigenvalue weighted by atomic mass is 79.9. The van der Waals surface area contributed by atoms with E-state index < -0.39 is 24.4 Å². The van der Waals surface area contributed by atoms with Gasteiger partial charge in [-0.05, 0) is 62.2 Å². The van der Waals surface area contributed by atoms with Gasteiger partial charge in [0.1, 0.15) is 4.88 Å². The molecule has 0 saturated carbocycles. The zero-order valence-electron chi connectivity index (χ0n) is 11.8. The highest BCUT2D eigenvalue weighted by Gasteiger charge is 2.15. The first-order chi connectivity index (χ1) is 11.4. The van der Waals surface area contributed by atoms with Crippen molar-refractivity contribution < 1.29 is 19.1 Å². The fraction of sp³-hybridized carbons (Fsp3) is 0.0714. The van der Waals surface area contributed by atoms with Crippen molar-refractivity contribution in [1.29, 1.82) is 0 Å². The van der Waals surface area contributed by atoms with E-state index in [1.165, 1.54) is 11.3 Å². The number of esters is 1. The lowest BCUT2D eigenvalue weighted by Crippen LogP contribution is -2.43. The summed E-state index contributed by atoms with van der Waals surface area (Å²) in [7, 11) is 0. The van der Waals surface area contributed by atoms with Crippen LogP contribution in [0.2, 0.25) is 0 Å². The number of rotatable bonds is 4. The molecule has 0 unspecified atom stereocenters. The highest BCUT2D eigenvalue weighted by molar-refractivity contribution is 9.13.